The van der Waals surface area contributed by atoms with E-state index in [0.29, 0.717) is 0 Å². The summed E-state index contributed by atoms with van der Waals surface area (Å²) in [5.41, 5.74) is 2.21. The van der Waals surface area contributed by atoms with Gasteiger partial charge in [0.2, 0.25) is 0 Å². The van der Waals surface area contributed by atoms with Gasteiger partial charge in [0.1, 0.15) is 5.82 Å². The van der Waals surface area contributed by atoms with Crippen molar-refractivity contribution in [2.45, 2.75) is 12.5 Å². The highest BCUT2D eigenvalue weighted by molar-refractivity contribution is 5.27. The average Bonchev–Trinajstić information content (AvgIpc) is 2.39. The fourth-order valence-corrected chi connectivity index (χ4v) is 2.08. The maximum atomic E-state index is 13.2. The molecule has 0 spiro atoms. The van der Waals surface area contributed by atoms with Crippen molar-refractivity contribution in [1.29, 1.82) is 0 Å². The topological polar surface area (TPSA) is 3.24 Å². The van der Waals surface area contributed by atoms with Gasteiger partial charge in [0, 0.05) is 12.5 Å². The van der Waals surface area contributed by atoms with Crippen molar-refractivity contribution in [2.24, 2.45) is 0 Å². The monoisotopic (exact) mass is 256 g/mol. The fraction of sp³-hybridized carbons (Fsp3) is 0.235. The highest BCUT2D eigenvalue weighted by atomic mass is 19.1. The molecule has 2 heteroatoms. The van der Waals surface area contributed by atoms with E-state index in [1.165, 1.54) is 11.6 Å². The first-order valence-corrected chi connectivity index (χ1v) is 6.46. The maximum absolute atomic E-state index is 13.2. The Balaban J connectivity index is 2.08. The number of benzene rings is 2. The minimum atomic E-state index is -0.189. The molecule has 0 N–H and O–H groups in total. The molecule has 2 aromatic carbocycles. The van der Waals surface area contributed by atoms with Gasteiger partial charge in [-0.05, 0) is 43.8 Å². The lowest BCUT2D eigenvalue weighted by Gasteiger charge is -2.24. The van der Waals surface area contributed by atoms with Crippen LogP contribution >= 0.6 is 0 Å². The molecule has 1 nitrogen and oxygen atoms in total. The number of halogens is 1. The van der Waals surface area contributed by atoms with E-state index in [2.05, 4.69) is 23.5 Å². The van der Waals surface area contributed by atoms with Crippen LogP contribution in [0.5, 0.6) is 0 Å². The van der Waals surface area contributed by atoms with Gasteiger partial charge in [0.05, 0.1) is 0 Å². The lowest BCUT2D eigenvalue weighted by atomic mass is 9.98. The summed E-state index contributed by atoms with van der Waals surface area (Å²) in [7, 11) is 4.09. The van der Waals surface area contributed by atoms with Crippen LogP contribution < -0.4 is 0 Å². The zero-order chi connectivity index (χ0) is 13.7. The molecular weight excluding hydrogens is 237 g/mol. The predicted molar refractivity (Wildman–Crippen MR) is 77.4 cm³/mol. The second kappa shape index (κ2) is 6.48. The van der Waals surface area contributed by atoms with Gasteiger partial charge in [0.15, 0.2) is 0 Å². The molecule has 1 atom stereocenters. The summed E-state index contributed by atoms with van der Waals surface area (Å²) in [4.78, 5) is 2.15. The Morgan fingerprint density at radius 2 is 1.79 bits per heavy atom. The summed E-state index contributed by atoms with van der Waals surface area (Å²) in [6.45, 7) is 0. The zero-order valence-corrected chi connectivity index (χ0v) is 11.4. The normalized spacial score (nSPS) is 12.6. The van der Waals surface area contributed by atoms with E-state index in [0.717, 1.165) is 12.0 Å². The van der Waals surface area contributed by atoms with Crippen LogP contribution in [-0.2, 0) is 6.42 Å². The van der Waals surface area contributed by atoms with Gasteiger partial charge in [0.25, 0.3) is 0 Å². The highest BCUT2D eigenvalue weighted by Gasteiger charge is 2.13. The third-order valence-corrected chi connectivity index (χ3v) is 3.18. The van der Waals surface area contributed by atoms with Crippen LogP contribution in [0.1, 0.15) is 11.1 Å². The third-order valence-electron chi connectivity index (χ3n) is 3.18. The molecule has 0 saturated heterocycles. The summed E-state index contributed by atoms with van der Waals surface area (Å²) in [6.07, 6.45) is 3.03. The Kier molecular flexibility index (Phi) is 4.69. The largest absolute Gasteiger partial charge is 0.305 e. The summed E-state index contributed by atoms with van der Waals surface area (Å²) < 4.78 is 13.2. The summed E-state index contributed by atoms with van der Waals surface area (Å²) in [5.74, 6) is -0.189. The molecule has 0 saturated carbocycles. The Morgan fingerprint density at radius 1 is 1.05 bits per heavy atom. The number of nitrogens with zero attached hydrogens (tertiary/aromatic N) is 1. The second-order valence-electron chi connectivity index (χ2n) is 4.94. The second-order valence-corrected chi connectivity index (χ2v) is 4.94. The van der Waals surface area contributed by atoms with Crippen molar-refractivity contribution in [1.82, 2.24) is 4.90 Å². The first-order valence-electron chi connectivity index (χ1n) is 6.46. The quantitative estimate of drug-likeness (QED) is 0.790. The zero-order valence-electron chi connectivity index (χ0n) is 11.4. The van der Waals surface area contributed by atoms with Crippen LogP contribution in [0.3, 0.4) is 0 Å². The Bertz CT molecular complexity index is 508. The van der Waals surface area contributed by atoms with E-state index in [1.807, 2.05) is 38.4 Å². The molecule has 0 heterocycles. The standard InChI is InChI=1S/C17H19FN/c1-19(2)17(12-14-7-4-3-5-8-14)13-15-9-6-10-16(18)11-15/h3-11,13,17H,12H2,1-2H3. The minimum absolute atomic E-state index is 0.189. The summed E-state index contributed by atoms with van der Waals surface area (Å²) >= 11 is 0. The van der Waals surface area contributed by atoms with Crippen molar-refractivity contribution < 1.29 is 4.39 Å². The summed E-state index contributed by atoms with van der Waals surface area (Å²) in [6, 6.07) is 17.3. The number of rotatable bonds is 5. The van der Waals surface area contributed by atoms with E-state index in [4.69, 9.17) is 0 Å². The first-order chi connectivity index (χ1) is 9.15. The van der Waals surface area contributed by atoms with Crippen molar-refractivity contribution in [2.75, 3.05) is 14.1 Å². The van der Waals surface area contributed by atoms with Crippen LogP contribution in [0.4, 0.5) is 4.39 Å². The highest BCUT2D eigenvalue weighted by Crippen LogP contribution is 2.15. The van der Waals surface area contributed by atoms with Crippen molar-refractivity contribution in [3.8, 4) is 0 Å². The third kappa shape index (κ3) is 4.18. The molecule has 0 bridgehead atoms. The van der Waals surface area contributed by atoms with Crippen LogP contribution in [0.25, 0.3) is 0 Å². The molecule has 0 aromatic heterocycles. The van der Waals surface area contributed by atoms with E-state index < -0.39 is 0 Å². The van der Waals surface area contributed by atoms with Gasteiger partial charge in [-0.2, -0.15) is 0 Å². The predicted octanol–water partition coefficient (Wildman–Crippen LogP) is 3.55. The van der Waals surface area contributed by atoms with Gasteiger partial charge in [-0.25, -0.2) is 4.39 Å². The van der Waals surface area contributed by atoms with E-state index >= 15 is 0 Å². The van der Waals surface area contributed by atoms with E-state index in [1.54, 1.807) is 12.1 Å². The molecule has 1 radical (unpaired) electrons. The number of hydrogen-bond donors (Lipinski definition) is 0. The molecule has 19 heavy (non-hydrogen) atoms. The number of likely N-dealkylation sites (N-methyl/N-ethyl adjacent to an activating group) is 1. The van der Waals surface area contributed by atoms with Gasteiger partial charge in [-0.3, -0.25) is 0 Å². The van der Waals surface area contributed by atoms with Gasteiger partial charge in [-0.1, -0.05) is 42.5 Å². The fourth-order valence-electron chi connectivity index (χ4n) is 2.08. The molecular formula is C17H19FN. The van der Waals surface area contributed by atoms with Crippen LogP contribution in [-0.4, -0.2) is 25.0 Å². The van der Waals surface area contributed by atoms with Crippen molar-refractivity contribution in [3.05, 3.63) is 78.0 Å². The molecule has 99 valence electrons. The molecule has 0 amide bonds. The molecule has 2 aromatic rings. The molecule has 0 fully saturated rings. The average molecular weight is 256 g/mol. The van der Waals surface area contributed by atoms with E-state index in [9.17, 15) is 4.39 Å². The van der Waals surface area contributed by atoms with Gasteiger partial charge in [-0.15, -0.1) is 0 Å². The van der Waals surface area contributed by atoms with Crippen LogP contribution in [0.2, 0.25) is 0 Å². The molecule has 0 aliphatic heterocycles. The summed E-state index contributed by atoms with van der Waals surface area (Å²) in [5, 5.41) is 0. The lowest BCUT2D eigenvalue weighted by Crippen LogP contribution is -2.30. The molecule has 2 rings (SSSR count). The molecule has 0 aliphatic rings. The van der Waals surface area contributed by atoms with Crippen LogP contribution in [0, 0.1) is 12.2 Å². The van der Waals surface area contributed by atoms with Crippen LogP contribution in [0.15, 0.2) is 54.6 Å². The SMILES string of the molecule is CN(C)C([CH]c1cccc(F)c1)Cc1ccccc1. The Morgan fingerprint density at radius 3 is 2.42 bits per heavy atom. The minimum Gasteiger partial charge on any atom is -0.305 e. The smallest absolute Gasteiger partial charge is 0.123 e. The van der Waals surface area contributed by atoms with Gasteiger partial charge < -0.3 is 4.90 Å². The Hall–Kier alpha value is -1.67. The molecule has 0 aliphatic carbocycles. The number of hydrogen-bond acceptors (Lipinski definition) is 1. The lowest BCUT2D eigenvalue weighted by molar-refractivity contribution is 0.327. The van der Waals surface area contributed by atoms with Crippen molar-refractivity contribution >= 4 is 0 Å². The van der Waals surface area contributed by atoms with Crippen molar-refractivity contribution in [3.63, 3.8) is 0 Å². The first kappa shape index (κ1) is 13.8. The Labute approximate surface area is 114 Å². The maximum Gasteiger partial charge on any atom is 0.123 e. The van der Waals surface area contributed by atoms with Gasteiger partial charge >= 0.3 is 0 Å². The molecule has 1 unspecified atom stereocenters. The van der Waals surface area contributed by atoms with E-state index in [-0.39, 0.29) is 11.9 Å².